The number of nitrogens with one attached hydrogen (secondary N) is 1. The molecule has 6 nitrogen and oxygen atoms in total. The highest BCUT2D eigenvalue weighted by molar-refractivity contribution is 5.99. The Labute approximate surface area is 141 Å². The van der Waals surface area contributed by atoms with Gasteiger partial charge < -0.3 is 15.3 Å². The Bertz CT molecular complexity index is 642. The van der Waals surface area contributed by atoms with E-state index in [9.17, 15) is 19.5 Å². The van der Waals surface area contributed by atoms with Crippen LogP contribution in [0.1, 0.15) is 42.6 Å². The van der Waals surface area contributed by atoms with E-state index in [2.05, 4.69) is 5.32 Å². The number of carboxylic acid groups (broad SMARTS) is 1. The number of rotatable bonds is 5. The first-order valence-electron chi connectivity index (χ1n) is 8.22. The molecule has 2 N–H and O–H groups in total. The van der Waals surface area contributed by atoms with E-state index in [1.807, 2.05) is 32.9 Å². The highest BCUT2D eigenvalue weighted by Crippen LogP contribution is 2.20. The van der Waals surface area contributed by atoms with E-state index in [0.717, 1.165) is 5.56 Å². The summed E-state index contributed by atoms with van der Waals surface area (Å²) in [6.07, 6.45) is 1.12. The van der Waals surface area contributed by atoms with Crippen LogP contribution in [0.3, 0.4) is 0 Å². The number of likely N-dealkylation sites (tertiary alicyclic amines) is 1. The number of amides is 2. The molecule has 2 amide bonds. The quantitative estimate of drug-likeness (QED) is 0.861. The van der Waals surface area contributed by atoms with Crippen LogP contribution in [0.5, 0.6) is 0 Å². The predicted molar refractivity (Wildman–Crippen MR) is 89.6 cm³/mol. The first kappa shape index (κ1) is 18.0. The Morgan fingerprint density at radius 3 is 2.50 bits per heavy atom. The molecule has 1 heterocycles. The number of carbonyl (C=O) groups is 3. The van der Waals surface area contributed by atoms with Gasteiger partial charge in [-0.1, -0.05) is 32.0 Å². The molecule has 0 unspecified atom stereocenters. The summed E-state index contributed by atoms with van der Waals surface area (Å²) in [7, 11) is 0. The van der Waals surface area contributed by atoms with Crippen molar-refractivity contribution in [1.82, 2.24) is 10.2 Å². The van der Waals surface area contributed by atoms with E-state index < -0.39 is 18.1 Å². The Morgan fingerprint density at radius 1 is 1.25 bits per heavy atom. The zero-order chi connectivity index (χ0) is 17.9. The van der Waals surface area contributed by atoms with Gasteiger partial charge >= 0.3 is 5.97 Å². The van der Waals surface area contributed by atoms with Crippen LogP contribution in [0.25, 0.3) is 0 Å². The summed E-state index contributed by atoms with van der Waals surface area (Å²) in [5.74, 6) is -1.77. The van der Waals surface area contributed by atoms with E-state index in [0.29, 0.717) is 24.9 Å². The Hall–Kier alpha value is -2.37. The molecule has 0 saturated carbocycles. The minimum Gasteiger partial charge on any atom is -0.480 e. The third-order valence-corrected chi connectivity index (χ3v) is 4.43. The predicted octanol–water partition coefficient (Wildman–Crippen LogP) is 1.83. The van der Waals surface area contributed by atoms with E-state index >= 15 is 0 Å². The number of carbonyl (C=O) groups excluding carboxylic acids is 2. The van der Waals surface area contributed by atoms with Crippen molar-refractivity contribution in [2.75, 3.05) is 6.54 Å². The van der Waals surface area contributed by atoms with Crippen molar-refractivity contribution in [3.63, 3.8) is 0 Å². The summed E-state index contributed by atoms with van der Waals surface area (Å²) in [4.78, 5) is 38.0. The normalized spacial score (nSPS) is 18.5. The van der Waals surface area contributed by atoms with Crippen molar-refractivity contribution in [2.45, 2.75) is 45.7 Å². The van der Waals surface area contributed by atoms with Crippen LogP contribution in [-0.2, 0) is 9.59 Å². The van der Waals surface area contributed by atoms with Crippen LogP contribution >= 0.6 is 0 Å². The summed E-state index contributed by atoms with van der Waals surface area (Å²) in [6.45, 7) is 5.93. The fraction of sp³-hybridized carbons (Fsp3) is 0.500. The van der Waals surface area contributed by atoms with Gasteiger partial charge in [0.1, 0.15) is 12.1 Å². The van der Waals surface area contributed by atoms with Crippen LogP contribution in [-0.4, -0.2) is 46.4 Å². The van der Waals surface area contributed by atoms with E-state index in [4.69, 9.17) is 0 Å². The molecule has 24 heavy (non-hydrogen) atoms. The lowest BCUT2D eigenvalue weighted by atomic mass is 10.0. The summed E-state index contributed by atoms with van der Waals surface area (Å²) in [5, 5.41) is 12.1. The molecular formula is C18H24N2O4. The average molecular weight is 332 g/mol. The molecule has 6 heteroatoms. The van der Waals surface area contributed by atoms with Gasteiger partial charge in [-0.3, -0.25) is 9.59 Å². The SMILES string of the molecule is Cc1ccccc1C(=O)N[C@H](C(=O)N1CCC[C@H]1C(=O)O)C(C)C. The van der Waals surface area contributed by atoms with Crippen molar-refractivity contribution >= 4 is 17.8 Å². The van der Waals surface area contributed by atoms with Gasteiger partial charge in [-0.15, -0.1) is 0 Å². The van der Waals surface area contributed by atoms with Crippen molar-refractivity contribution in [3.05, 3.63) is 35.4 Å². The third-order valence-electron chi connectivity index (χ3n) is 4.43. The highest BCUT2D eigenvalue weighted by atomic mass is 16.4. The van der Waals surface area contributed by atoms with Gasteiger partial charge in [0.05, 0.1) is 0 Å². The van der Waals surface area contributed by atoms with Gasteiger partial charge in [-0.2, -0.15) is 0 Å². The topological polar surface area (TPSA) is 86.7 Å². The van der Waals surface area contributed by atoms with Crippen LogP contribution in [0.2, 0.25) is 0 Å². The molecule has 1 aromatic carbocycles. The third kappa shape index (κ3) is 3.75. The molecule has 1 aliphatic rings. The number of aliphatic carboxylic acids is 1. The smallest absolute Gasteiger partial charge is 0.326 e. The fourth-order valence-corrected chi connectivity index (χ4v) is 3.03. The number of benzene rings is 1. The van der Waals surface area contributed by atoms with Crippen molar-refractivity contribution in [3.8, 4) is 0 Å². The maximum Gasteiger partial charge on any atom is 0.326 e. The molecule has 0 spiro atoms. The number of nitrogens with zero attached hydrogens (tertiary/aromatic N) is 1. The van der Waals surface area contributed by atoms with Crippen LogP contribution in [0.15, 0.2) is 24.3 Å². The van der Waals surface area contributed by atoms with Crippen LogP contribution < -0.4 is 5.32 Å². The molecule has 0 bridgehead atoms. The van der Waals surface area contributed by atoms with Gasteiger partial charge in [0, 0.05) is 12.1 Å². The van der Waals surface area contributed by atoms with Crippen molar-refractivity contribution < 1.29 is 19.5 Å². The van der Waals surface area contributed by atoms with Crippen LogP contribution in [0, 0.1) is 12.8 Å². The van der Waals surface area contributed by atoms with Crippen molar-refractivity contribution in [1.29, 1.82) is 0 Å². The number of hydrogen-bond acceptors (Lipinski definition) is 3. The second-order valence-corrected chi connectivity index (χ2v) is 6.54. The molecule has 130 valence electrons. The van der Waals surface area contributed by atoms with E-state index in [1.165, 1.54) is 4.90 Å². The van der Waals surface area contributed by atoms with Gasteiger partial charge in [0.25, 0.3) is 5.91 Å². The molecule has 1 aromatic rings. The molecule has 1 fully saturated rings. The minimum atomic E-state index is -0.992. The molecule has 2 rings (SSSR count). The second-order valence-electron chi connectivity index (χ2n) is 6.54. The summed E-state index contributed by atoms with van der Waals surface area (Å²) in [5.41, 5.74) is 1.35. The first-order chi connectivity index (χ1) is 11.3. The Kier molecular flexibility index (Phi) is 5.59. The standard InChI is InChI=1S/C18H24N2O4/c1-11(2)15(17(22)20-10-6-9-14(20)18(23)24)19-16(21)13-8-5-4-7-12(13)3/h4-5,7-8,11,14-15H,6,9-10H2,1-3H3,(H,19,21)(H,23,24)/t14-,15-/m0/s1. The number of hydrogen-bond donors (Lipinski definition) is 2. The second kappa shape index (κ2) is 7.47. The van der Waals surface area contributed by atoms with E-state index in [-0.39, 0.29) is 17.7 Å². The number of carboxylic acids is 1. The Balaban J connectivity index is 2.17. The lowest BCUT2D eigenvalue weighted by molar-refractivity contribution is -0.149. The summed E-state index contributed by atoms with van der Waals surface area (Å²) in [6, 6.07) is 5.63. The minimum absolute atomic E-state index is 0.138. The fourth-order valence-electron chi connectivity index (χ4n) is 3.03. The van der Waals surface area contributed by atoms with Crippen molar-refractivity contribution in [2.24, 2.45) is 5.92 Å². The van der Waals surface area contributed by atoms with Gasteiger partial charge in [0.15, 0.2) is 0 Å². The zero-order valence-electron chi connectivity index (χ0n) is 14.3. The molecule has 0 aromatic heterocycles. The molecule has 1 aliphatic heterocycles. The summed E-state index contributed by atoms with van der Waals surface area (Å²) < 4.78 is 0. The van der Waals surface area contributed by atoms with Crippen LogP contribution in [0.4, 0.5) is 0 Å². The average Bonchev–Trinajstić information content (AvgIpc) is 3.01. The van der Waals surface area contributed by atoms with Gasteiger partial charge in [0.2, 0.25) is 5.91 Å². The monoisotopic (exact) mass is 332 g/mol. The molecule has 1 saturated heterocycles. The number of aryl methyl sites for hydroxylation is 1. The lowest BCUT2D eigenvalue weighted by Crippen LogP contribution is -2.53. The van der Waals surface area contributed by atoms with E-state index in [1.54, 1.807) is 12.1 Å². The largest absolute Gasteiger partial charge is 0.480 e. The summed E-state index contributed by atoms with van der Waals surface area (Å²) >= 11 is 0. The molecule has 2 atom stereocenters. The maximum atomic E-state index is 12.8. The lowest BCUT2D eigenvalue weighted by Gasteiger charge is -2.29. The highest BCUT2D eigenvalue weighted by Gasteiger charge is 2.38. The first-order valence-corrected chi connectivity index (χ1v) is 8.22. The molecule has 0 aliphatic carbocycles. The Morgan fingerprint density at radius 2 is 1.92 bits per heavy atom. The van der Waals surface area contributed by atoms with Gasteiger partial charge in [-0.25, -0.2) is 4.79 Å². The van der Waals surface area contributed by atoms with Gasteiger partial charge in [-0.05, 0) is 37.3 Å². The molecular weight excluding hydrogens is 308 g/mol. The zero-order valence-corrected chi connectivity index (χ0v) is 14.3. The maximum absolute atomic E-state index is 12.8. The molecule has 0 radical (unpaired) electrons.